The average molecular weight is 559 g/mol. The Labute approximate surface area is 241 Å². The molecule has 6 atom stereocenters. The molecule has 3 aliphatic rings. The second kappa shape index (κ2) is 11.6. The molecule has 1 spiro atoms. The van der Waals surface area contributed by atoms with Crippen LogP contribution in [0.15, 0.2) is 86.0 Å². The standard InChI is InChI=1S/C33H38N2O6/c1-4-18-34(21-24-14-10-7-11-15-24)30(38)28-33-17-16-32(3,41-33)27(31(39)40-19-5-2)26(33)29(37)35(28)25(22-36)20-23-12-8-6-9-13-23/h4-15,25-28,36H,1-2,16-22H2,3H3/t25-,26+,27-,28?,32+,33?/m1/s1. The minimum Gasteiger partial charge on any atom is -0.461 e. The third-order valence-corrected chi connectivity index (χ3v) is 8.84. The van der Waals surface area contributed by atoms with Gasteiger partial charge in [-0.3, -0.25) is 14.4 Å². The van der Waals surface area contributed by atoms with Gasteiger partial charge < -0.3 is 24.4 Å². The fraction of sp³-hybridized carbons (Fsp3) is 0.424. The van der Waals surface area contributed by atoms with Crippen molar-refractivity contribution in [1.82, 2.24) is 9.80 Å². The monoisotopic (exact) mass is 558 g/mol. The third kappa shape index (κ3) is 5.00. The number of esters is 1. The molecule has 2 aromatic carbocycles. The maximum absolute atomic E-state index is 14.6. The van der Waals surface area contributed by atoms with Crippen molar-refractivity contribution >= 4 is 17.8 Å². The van der Waals surface area contributed by atoms with Crippen LogP contribution in [0.2, 0.25) is 0 Å². The highest BCUT2D eigenvalue weighted by Crippen LogP contribution is 2.63. The van der Waals surface area contributed by atoms with Crippen LogP contribution in [0.4, 0.5) is 0 Å². The quantitative estimate of drug-likeness (QED) is 0.317. The van der Waals surface area contributed by atoms with E-state index in [0.29, 0.717) is 25.8 Å². The van der Waals surface area contributed by atoms with Gasteiger partial charge in [0.1, 0.15) is 24.2 Å². The number of hydrogen-bond donors (Lipinski definition) is 1. The average Bonchev–Trinajstić information content (AvgIpc) is 3.55. The molecule has 5 rings (SSSR count). The van der Waals surface area contributed by atoms with Crippen LogP contribution in [0.3, 0.4) is 0 Å². The summed E-state index contributed by atoms with van der Waals surface area (Å²) < 4.78 is 12.2. The van der Waals surface area contributed by atoms with Gasteiger partial charge in [0, 0.05) is 13.1 Å². The van der Waals surface area contributed by atoms with Gasteiger partial charge in [-0.15, -0.1) is 6.58 Å². The minimum atomic E-state index is -1.22. The Hall–Kier alpha value is -3.75. The molecule has 2 aromatic rings. The molecule has 2 unspecified atom stereocenters. The van der Waals surface area contributed by atoms with Crippen molar-refractivity contribution < 1.29 is 29.0 Å². The van der Waals surface area contributed by atoms with E-state index in [1.165, 1.54) is 11.0 Å². The van der Waals surface area contributed by atoms with Gasteiger partial charge in [-0.25, -0.2) is 0 Å². The van der Waals surface area contributed by atoms with E-state index in [0.717, 1.165) is 11.1 Å². The third-order valence-electron chi connectivity index (χ3n) is 8.84. The summed E-state index contributed by atoms with van der Waals surface area (Å²) in [6.45, 7) is 9.57. The van der Waals surface area contributed by atoms with Crippen molar-refractivity contribution in [3.63, 3.8) is 0 Å². The summed E-state index contributed by atoms with van der Waals surface area (Å²) in [4.78, 5) is 45.7. The maximum Gasteiger partial charge on any atom is 0.313 e. The van der Waals surface area contributed by atoms with Crippen LogP contribution in [0.25, 0.3) is 0 Å². The second-order valence-corrected chi connectivity index (χ2v) is 11.4. The number of aliphatic hydroxyl groups is 1. The number of carbonyl (C=O) groups excluding carboxylic acids is 3. The van der Waals surface area contributed by atoms with E-state index < -0.39 is 41.1 Å². The van der Waals surface area contributed by atoms with E-state index in [1.807, 2.05) is 67.6 Å². The summed E-state index contributed by atoms with van der Waals surface area (Å²) in [6.07, 6.45) is 4.43. The molecule has 0 radical (unpaired) electrons. The van der Waals surface area contributed by atoms with Crippen LogP contribution in [-0.4, -0.2) is 75.7 Å². The van der Waals surface area contributed by atoms with Crippen LogP contribution >= 0.6 is 0 Å². The van der Waals surface area contributed by atoms with E-state index in [1.54, 1.807) is 11.0 Å². The number of amides is 2. The van der Waals surface area contributed by atoms with Crippen LogP contribution in [-0.2, 0) is 36.8 Å². The smallest absolute Gasteiger partial charge is 0.313 e. The van der Waals surface area contributed by atoms with E-state index in [-0.39, 0.29) is 31.6 Å². The molecular weight excluding hydrogens is 520 g/mol. The summed E-state index contributed by atoms with van der Waals surface area (Å²) in [5.74, 6) is -2.96. The minimum absolute atomic E-state index is 0.0167. The lowest BCUT2D eigenvalue weighted by molar-refractivity contribution is -0.161. The fourth-order valence-electron chi connectivity index (χ4n) is 7.13. The number of fused-ring (bicyclic) bond motifs is 1. The van der Waals surface area contributed by atoms with Crippen molar-refractivity contribution in [1.29, 1.82) is 0 Å². The molecule has 0 aliphatic carbocycles. The predicted molar refractivity (Wildman–Crippen MR) is 153 cm³/mol. The number of ether oxygens (including phenoxy) is 2. The number of carbonyl (C=O) groups is 3. The molecule has 3 aliphatic heterocycles. The number of benzene rings is 2. The summed E-state index contributed by atoms with van der Waals surface area (Å²) in [5.41, 5.74) is -0.308. The van der Waals surface area contributed by atoms with Gasteiger partial charge in [-0.05, 0) is 37.3 Å². The Morgan fingerprint density at radius 1 is 1.10 bits per heavy atom. The van der Waals surface area contributed by atoms with Crippen LogP contribution < -0.4 is 0 Å². The normalized spacial score (nSPS) is 28.7. The Morgan fingerprint density at radius 2 is 1.76 bits per heavy atom. The summed E-state index contributed by atoms with van der Waals surface area (Å²) in [6, 6.07) is 17.5. The first kappa shape index (κ1) is 28.8. The zero-order chi connectivity index (χ0) is 29.2. The molecule has 8 heteroatoms. The van der Waals surface area contributed by atoms with E-state index in [4.69, 9.17) is 9.47 Å². The van der Waals surface area contributed by atoms with Crippen LogP contribution in [0, 0.1) is 11.8 Å². The van der Waals surface area contributed by atoms with Crippen molar-refractivity contribution in [2.24, 2.45) is 11.8 Å². The van der Waals surface area contributed by atoms with Crippen LogP contribution in [0.5, 0.6) is 0 Å². The van der Waals surface area contributed by atoms with Gasteiger partial charge in [0.15, 0.2) is 0 Å². The molecule has 3 fully saturated rings. The number of aliphatic hydroxyl groups excluding tert-OH is 1. The maximum atomic E-state index is 14.6. The molecule has 8 nitrogen and oxygen atoms in total. The fourth-order valence-corrected chi connectivity index (χ4v) is 7.13. The number of rotatable bonds is 12. The first-order valence-electron chi connectivity index (χ1n) is 14.2. The van der Waals surface area contributed by atoms with E-state index in [9.17, 15) is 19.5 Å². The Balaban J connectivity index is 1.58. The zero-order valence-electron chi connectivity index (χ0n) is 23.5. The van der Waals surface area contributed by atoms with E-state index in [2.05, 4.69) is 13.2 Å². The van der Waals surface area contributed by atoms with Crippen molar-refractivity contribution in [2.75, 3.05) is 19.8 Å². The van der Waals surface area contributed by atoms with Gasteiger partial charge in [-0.1, -0.05) is 79.4 Å². The molecule has 3 saturated heterocycles. The highest BCUT2D eigenvalue weighted by Gasteiger charge is 2.79. The van der Waals surface area contributed by atoms with Crippen molar-refractivity contribution in [3.05, 3.63) is 97.1 Å². The highest BCUT2D eigenvalue weighted by molar-refractivity contribution is 5.98. The predicted octanol–water partition coefficient (Wildman–Crippen LogP) is 3.30. The summed E-state index contributed by atoms with van der Waals surface area (Å²) in [7, 11) is 0. The second-order valence-electron chi connectivity index (χ2n) is 11.4. The molecule has 41 heavy (non-hydrogen) atoms. The van der Waals surface area contributed by atoms with Gasteiger partial charge in [0.05, 0.1) is 24.2 Å². The molecular formula is C33H38N2O6. The van der Waals surface area contributed by atoms with Gasteiger partial charge in [0.25, 0.3) is 0 Å². The van der Waals surface area contributed by atoms with Gasteiger partial charge in [0.2, 0.25) is 11.8 Å². The van der Waals surface area contributed by atoms with Crippen molar-refractivity contribution in [2.45, 2.75) is 56.0 Å². The molecule has 2 amide bonds. The highest BCUT2D eigenvalue weighted by atomic mass is 16.6. The van der Waals surface area contributed by atoms with Gasteiger partial charge >= 0.3 is 5.97 Å². The Bertz CT molecular complexity index is 1300. The first-order chi connectivity index (χ1) is 19.8. The molecule has 2 bridgehead atoms. The lowest BCUT2D eigenvalue weighted by atomic mass is 9.66. The number of hydrogen-bond acceptors (Lipinski definition) is 6. The summed E-state index contributed by atoms with van der Waals surface area (Å²) in [5, 5.41) is 10.6. The lowest BCUT2D eigenvalue weighted by Gasteiger charge is -2.39. The number of nitrogens with zero attached hydrogens (tertiary/aromatic N) is 2. The molecule has 216 valence electrons. The van der Waals surface area contributed by atoms with Crippen LogP contribution in [0.1, 0.15) is 30.9 Å². The van der Waals surface area contributed by atoms with Crippen molar-refractivity contribution in [3.8, 4) is 0 Å². The molecule has 0 saturated carbocycles. The topological polar surface area (TPSA) is 96.4 Å². The SMILES string of the molecule is C=CCOC(=O)[C@H]1[C@H]2C(=O)N([C@@H](CO)Cc3ccccc3)C(C(=O)N(CC=C)Cc3ccccc3)C23CC[C@]1(C)O3. The first-order valence-corrected chi connectivity index (χ1v) is 14.2. The number of likely N-dealkylation sites (tertiary alicyclic amines) is 1. The molecule has 0 aromatic heterocycles. The Kier molecular flexibility index (Phi) is 8.16. The van der Waals surface area contributed by atoms with E-state index >= 15 is 0 Å². The van der Waals surface area contributed by atoms with Gasteiger partial charge in [-0.2, -0.15) is 0 Å². The Morgan fingerprint density at radius 3 is 2.37 bits per heavy atom. The lowest BCUT2D eigenvalue weighted by Crippen LogP contribution is -2.59. The molecule has 3 heterocycles. The summed E-state index contributed by atoms with van der Waals surface area (Å²) >= 11 is 0. The largest absolute Gasteiger partial charge is 0.461 e. The zero-order valence-corrected chi connectivity index (χ0v) is 23.5. The molecule has 1 N–H and O–H groups in total.